The molecule has 2 aromatic rings. The maximum absolute atomic E-state index is 13.1. The van der Waals surface area contributed by atoms with Gasteiger partial charge in [0, 0.05) is 26.3 Å². The zero-order valence-electron chi connectivity index (χ0n) is 16.2. The molecule has 1 aliphatic rings. The smallest absolute Gasteiger partial charge is 0.284 e. The van der Waals surface area contributed by atoms with Crippen LogP contribution in [0.3, 0.4) is 0 Å². The summed E-state index contributed by atoms with van der Waals surface area (Å²) in [7, 11) is -0.189. The Kier molecular flexibility index (Phi) is 6.09. The molecule has 1 saturated heterocycles. The van der Waals surface area contributed by atoms with Crippen molar-refractivity contribution in [3.8, 4) is 0 Å². The fourth-order valence-corrected chi connectivity index (χ4v) is 4.88. The second-order valence-electron chi connectivity index (χ2n) is 6.45. The largest absolute Gasteiger partial charge is 0.378 e. The van der Waals surface area contributed by atoms with Crippen molar-refractivity contribution in [3.63, 3.8) is 0 Å². The van der Waals surface area contributed by atoms with Crippen LogP contribution in [0.2, 0.25) is 0 Å². The molecule has 1 aliphatic heterocycles. The van der Waals surface area contributed by atoms with Crippen LogP contribution >= 0.6 is 11.8 Å². The van der Waals surface area contributed by atoms with Crippen molar-refractivity contribution in [1.82, 2.24) is 4.90 Å². The van der Waals surface area contributed by atoms with E-state index in [2.05, 4.69) is 4.40 Å². The average Bonchev–Trinajstić information content (AvgIpc) is 2.96. The summed E-state index contributed by atoms with van der Waals surface area (Å²) >= 11 is 1.01. The van der Waals surface area contributed by atoms with Gasteiger partial charge in [0.05, 0.1) is 9.80 Å². The number of amidine groups is 1. The summed E-state index contributed by atoms with van der Waals surface area (Å²) in [6, 6.07) is 12.0. The molecule has 0 unspecified atom stereocenters. The second kappa shape index (κ2) is 8.38. The van der Waals surface area contributed by atoms with Crippen LogP contribution < -0.4 is 4.90 Å². The number of carbonyl (C=O) groups is 1. The van der Waals surface area contributed by atoms with Crippen molar-refractivity contribution >= 4 is 44.6 Å². The molecule has 0 radical (unpaired) electrons. The van der Waals surface area contributed by atoms with Gasteiger partial charge in [0.1, 0.15) is 5.82 Å². The van der Waals surface area contributed by atoms with Gasteiger partial charge in [-0.05, 0) is 66.7 Å². The first-order valence-corrected chi connectivity index (χ1v) is 11.1. The standard InChI is InChI=1S/C20H20FN3O3S2/c1-4-24-19(25)18(13-14-5-9-16(10-6-14)23(2)3)28-20(24)22-29(26,27)17-11-7-15(21)8-12-17/h5-13H,4H2,1-3H3. The molecular formula is C20H20FN3O3S2. The predicted molar refractivity (Wildman–Crippen MR) is 115 cm³/mol. The highest BCUT2D eigenvalue weighted by Crippen LogP contribution is 2.33. The minimum absolute atomic E-state index is 0.0815. The van der Waals surface area contributed by atoms with Crippen molar-refractivity contribution in [3.05, 3.63) is 64.8 Å². The Labute approximate surface area is 173 Å². The van der Waals surface area contributed by atoms with Gasteiger partial charge in [-0.3, -0.25) is 9.69 Å². The Balaban J connectivity index is 1.92. The fraction of sp³-hybridized carbons (Fsp3) is 0.200. The predicted octanol–water partition coefficient (Wildman–Crippen LogP) is 3.57. The third-order valence-corrected chi connectivity index (χ3v) is 6.62. The normalized spacial score (nSPS) is 17.4. The zero-order valence-corrected chi connectivity index (χ0v) is 17.8. The van der Waals surface area contributed by atoms with E-state index in [1.807, 2.05) is 43.3 Å². The molecule has 0 aromatic heterocycles. The van der Waals surface area contributed by atoms with Gasteiger partial charge in [0.25, 0.3) is 15.9 Å². The number of likely N-dealkylation sites (N-methyl/N-ethyl adjacent to an activating group) is 1. The summed E-state index contributed by atoms with van der Waals surface area (Å²) in [6.45, 7) is 2.02. The topological polar surface area (TPSA) is 70.1 Å². The number of thioether (sulfide) groups is 1. The summed E-state index contributed by atoms with van der Waals surface area (Å²) < 4.78 is 42.0. The molecule has 152 valence electrons. The summed E-state index contributed by atoms with van der Waals surface area (Å²) in [5.74, 6) is -0.843. The van der Waals surface area contributed by atoms with Gasteiger partial charge in [-0.25, -0.2) is 4.39 Å². The van der Waals surface area contributed by atoms with E-state index in [1.54, 1.807) is 13.0 Å². The van der Waals surface area contributed by atoms with Crippen LogP contribution in [0.4, 0.5) is 10.1 Å². The van der Waals surface area contributed by atoms with Crippen LogP contribution in [-0.2, 0) is 14.8 Å². The van der Waals surface area contributed by atoms with E-state index in [-0.39, 0.29) is 22.5 Å². The van der Waals surface area contributed by atoms with Gasteiger partial charge in [-0.15, -0.1) is 4.40 Å². The van der Waals surface area contributed by atoms with E-state index in [0.29, 0.717) is 4.91 Å². The number of anilines is 1. The van der Waals surface area contributed by atoms with E-state index >= 15 is 0 Å². The number of amides is 1. The fourth-order valence-electron chi connectivity index (χ4n) is 2.64. The van der Waals surface area contributed by atoms with Crippen LogP contribution in [0.5, 0.6) is 0 Å². The molecule has 1 fully saturated rings. The van der Waals surface area contributed by atoms with Crippen molar-refractivity contribution in [1.29, 1.82) is 0 Å². The lowest BCUT2D eigenvalue weighted by Gasteiger charge is -2.12. The summed E-state index contributed by atoms with van der Waals surface area (Å²) in [6.07, 6.45) is 1.71. The molecule has 6 nitrogen and oxygen atoms in total. The summed E-state index contributed by atoms with van der Waals surface area (Å²) in [4.78, 5) is 16.2. The molecule has 3 rings (SSSR count). The Morgan fingerprint density at radius 2 is 1.72 bits per heavy atom. The average molecular weight is 434 g/mol. The molecule has 2 aromatic carbocycles. The molecule has 9 heteroatoms. The van der Waals surface area contributed by atoms with Crippen molar-refractivity contribution in [2.24, 2.45) is 4.40 Å². The number of benzene rings is 2. The van der Waals surface area contributed by atoms with Gasteiger partial charge < -0.3 is 4.90 Å². The van der Waals surface area contributed by atoms with Gasteiger partial charge in [0.2, 0.25) is 0 Å². The van der Waals surface area contributed by atoms with E-state index in [9.17, 15) is 17.6 Å². The first kappa shape index (κ1) is 21.1. The zero-order chi connectivity index (χ0) is 21.2. The maximum Gasteiger partial charge on any atom is 0.284 e. The SMILES string of the molecule is CCN1C(=O)C(=Cc2ccc(N(C)C)cc2)SC1=NS(=O)(=O)c1ccc(F)cc1. The third kappa shape index (κ3) is 4.68. The highest BCUT2D eigenvalue weighted by atomic mass is 32.2. The van der Waals surface area contributed by atoms with E-state index in [4.69, 9.17) is 0 Å². The number of halogens is 1. The molecule has 0 spiro atoms. The van der Waals surface area contributed by atoms with Crippen molar-refractivity contribution in [2.75, 3.05) is 25.5 Å². The highest BCUT2D eigenvalue weighted by molar-refractivity contribution is 8.19. The highest BCUT2D eigenvalue weighted by Gasteiger charge is 2.34. The number of hydrogen-bond acceptors (Lipinski definition) is 5. The molecule has 0 saturated carbocycles. The molecule has 1 heterocycles. The molecule has 29 heavy (non-hydrogen) atoms. The molecule has 1 amide bonds. The molecule has 0 bridgehead atoms. The van der Waals surface area contributed by atoms with Crippen molar-refractivity contribution < 1.29 is 17.6 Å². The minimum atomic E-state index is -4.06. The number of rotatable bonds is 5. The van der Waals surface area contributed by atoms with Gasteiger partial charge in [-0.2, -0.15) is 8.42 Å². The Morgan fingerprint density at radius 3 is 2.28 bits per heavy atom. The van der Waals surface area contributed by atoms with E-state index < -0.39 is 15.8 Å². The Hall–Kier alpha value is -2.65. The van der Waals surface area contributed by atoms with Gasteiger partial charge in [-0.1, -0.05) is 12.1 Å². The van der Waals surface area contributed by atoms with Gasteiger partial charge in [0.15, 0.2) is 5.17 Å². The first-order chi connectivity index (χ1) is 13.7. The summed E-state index contributed by atoms with van der Waals surface area (Å²) in [5.41, 5.74) is 1.85. The number of nitrogens with zero attached hydrogens (tertiary/aromatic N) is 3. The molecule has 0 atom stereocenters. The van der Waals surface area contributed by atoms with Crippen LogP contribution in [0, 0.1) is 5.82 Å². The minimum Gasteiger partial charge on any atom is -0.378 e. The number of carbonyl (C=O) groups excluding carboxylic acids is 1. The van der Waals surface area contributed by atoms with Gasteiger partial charge >= 0.3 is 0 Å². The lowest BCUT2D eigenvalue weighted by Crippen LogP contribution is -2.29. The lowest BCUT2D eigenvalue weighted by molar-refractivity contribution is -0.122. The van der Waals surface area contributed by atoms with Crippen LogP contribution in [0.15, 0.2) is 62.7 Å². The molecular weight excluding hydrogens is 413 g/mol. The maximum atomic E-state index is 13.1. The third-order valence-electron chi connectivity index (χ3n) is 4.22. The van der Waals surface area contributed by atoms with Crippen LogP contribution in [0.25, 0.3) is 6.08 Å². The van der Waals surface area contributed by atoms with E-state index in [1.165, 1.54) is 4.90 Å². The first-order valence-electron chi connectivity index (χ1n) is 8.80. The quantitative estimate of drug-likeness (QED) is 0.674. The molecule has 0 N–H and O–H groups in total. The van der Waals surface area contributed by atoms with E-state index in [0.717, 1.165) is 47.3 Å². The van der Waals surface area contributed by atoms with Crippen LogP contribution in [-0.4, -0.2) is 45.0 Å². The number of hydrogen-bond donors (Lipinski definition) is 0. The second-order valence-corrected chi connectivity index (χ2v) is 9.06. The van der Waals surface area contributed by atoms with Crippen molar-refractivity contribution in [2.45, 2.75) is 11.8 Å². The Morgan fingerprint density at radius 1 is 1.10 bits per heavy atom. The Bertz CT molecular complexity index is 1080. The molecule has 0 aliphatic carbocycles. The monoisotopic (exact) mass is 433 g/mol. The lowest BCUT2D eigenvalue weighted by atomic mass is 10.2. The number of sulfonamides is 1. The van der Waals surface area contributed by atoms with Crippen LogP contribution in [0.1, 0.15) is 12.5 Å². The summed E-state index contributed by atoms with van der Waals surface area (Å²) in [5, 5.41) is 0.0815.